The van der Waals surface area contributed by atoms with E-state index in [4.69, 9.17) is 4.99 Å². The van der Waals surface area contributed by atoms with Crippen molar-refractivity contribution in [3.63, 3.8) is 0 Å². The van der Waals surface area contributed by atoms with E-state index in [1.54, 1.807) is 0 Å². The molecular weight excluding hydrogens is 346 g/mol. The first-order valence-corrected chi connectivity index (χ1v) is 9.46. The summed E-state index contributed by atoms with van der Waals surface area (Å²) in [6, 6.07) is 18.1. The van der Waals surface area contributed by atoms with Gasteiger partial charge in [-0.15, -0.1) is 0 Å². The zero-order valence-electron chi connectivity index (χ0n) is 15.6. The van der Waals surface area contributed by atoms with E-state index in [1.165, 1.54) is 5.56 Å². The number of hydrogen-bond donors (Lipinski definition) is 0. The first kappa shape index (κ1) is 16.8. The summed E-state index contributed by atoms with van der Waals surface area (Å²) in [5, 5.41) is 0. The van der Waals surface area contributed by atoms with E-state index in [-0.39, 0.29) is 5.78 Å². The lowest BCUT2D eigenvalue weighted by atomic mass is 9.96. The maximum atomic E-state index is 12.7. The summed E-state index contributed by atoms with van der Waals surface area (Å²) < 4.78 is 0. The van der Waals surface area contributed by atoms with Crippen LogP contribution >= 0.6 is 0 Å². The summed E-state index contributed by atoms with van der Waals surface area (Å²) in [6.45, 7) is 2.66. The molecule has 2 aliphatic rings. The lowest BCUT2D eigenvalue weighted by Crippen LogP contribution is -2.16. The number of pyridine rings is 1. The molecule has 2 aliphatic heterocycles. The van der Waals surface area contributed by atoms with Gasteiger partial charge in [-0.05, 0) is 41.8 Å². The zero-order chi connectivity index (χ0) is 19.1. The number of aromatic nitrogens is 1. The Morgan fingerprint density at radius 2 is 1.89 bits per heavy atom. The SMILES string of the molecule is Cc1cc(C2=NCc3cc4c(cc32)N=C(C(=O)Cc2ccccc2)C4)ccn1. The van der Waals surface area contributed by atoms with E-state index in [9.17, 15) is 4.79 Å². The van der Waals surface area contributed by atoms with Crippen molar-refractivity contribution < 1.29 is 4.79 Å². The Balaban J connectivity index is 1.44. The van der Waals surface area contributed by atoms with Gasteiger partial charge in [0, 0.05) is 35.9 Å². The lowest BCUT2D eigenvalue weighted by molar-refractivity contribution is -0.112. The Hall–Kier alpha value is -3.40. The molecule has 3 heterocycles. The van der Waals surface area contributed by atoms with E-state index < -0.39 is 0 Å². The van der Waals surface area contributed by atoms with Gasteiger partial charge in [0.2, 0.25) is 0 Å². The Kier molecular flexibility index (Phi) is 3.97. The Labute approximate surface area is 163 Å². The number of aryl methyl sites for hydroxylation is 1. The van der Waals surface area contributed by atoms with Crippen molar-refractivity contribution in [3.8, 4) is 0 Å². The van der Waals surface area contributed by atoms with Gasteiger partial charge in [-0.25, -0.2) is 4.99 Å². The molecule has 0 unspecified atom stereocenters. The van der Waals surface area contributed by atoms with Crippen molar-refractivity contribution in [2.75, 3.05) is 0 Å². The molecule has 136 valence electrons. The highest BCUT2D eigenvalue weighted by Gasteiger charge is 2.25. The number of aliphatic imine (C=N–C) groups is 2. The summed E-state index contributed by atoms with van der Waals surface area (Å²) in [7, 11) is 0. The molecule has 0 aliphatic carbocycles. The third kappa shape index (κ3) is 2.97. The number of nitrogens with zero attached hydrogens (tertiary/aromatic N) is 3. The van der Waals surface area contributed by atoms with Crippen molar-refractivity contribution in [2.45, 2.75) is 26.3 Å². The van der Waals surface area contributed by atoms with Crippen LogP contribution in [-0.2, 0) is 24.2 Å². The van der Waals surface area contributed by atoms with E-state index in [0.717, 1.165) is 39.3 Å². The molecule has 0 radical (unpaired) electrons. The average Bonchev–Trinajstić information content (AvgIpc) is 3.30. The predicted molar refractivity (Wildman–Crippen MR) is 111 cm³/mol. The first-order valence-electron chi connectivity index (χ1n) is 9.46. The van der Waals surface area contributed by atoms with Gasteiger partial charge in [0.25, 0.3) is 0 Å². The van der Waals surface area contributed by atoms with Crippen molar-refractivity contribution >= 4 is 22.9 Å². The molecule has 0 amide bonds. The molecule has 0 N–H and O–H groups in total. The molecule has 28 heavy (non-hydrogen) atoms. The summed E-state index contributed by atoms with van der Waals surface area (Å²) in [4.78, 5) is 26.4. The Morgan fingerprint density at radius 3 is 2.71 bits per heavy atom. The van der Waals surface area contributed by atoms with Crippen LogP contribution in [-0.4, -0.2) is 22.2 Å². The maximum absolute atomic E-state index is 12.7. The molecule has 5 rings (SSSR count). The minimum absolute atomic E-state index is 0.0983. The van der Waals surface area contributed by atoms with Crippen molar-refractivity contribution in [3.05, 3.63) is 94.3 Å². The van der Waals surface area contributed by atoms with Crippen LogP contribution in [0.25, 0.3) is 0 Å². The van der Waals surface area contributed by atoms with Crippen LogP contribution in [0.4, 0.5) is 5.69 Å². The molecule has 0 spiro atoms. The van der Waals surface area contributed by atoms with Gasteiger partial charge in [0.05, 0.1) is 23.7 Å². The number of benzene rings is 2. The average molecular weight is 365 g/mol. The summed E-state index contributed by atoms with van der Waals surface area (Å²) in [6.07, 6.45) is 2.82. The molecule has 0 atom stereocenters. The van der Waals surface area contributed by atoms with Gasteiger partial charge in [-0.3, -0.25) is 14.8 Å². The molecule has 4 nitrogen and oxygen atoms in total. The number of carbonyl (C=O) groups is 1. The van der Waals surface area contributed by atoms with Gasteiger partial charge in [-0.1, -0.05) is 36.4 Å². The summed E-state index contributed by atoms with van der Waals surface area (Å²) in [5.41, 5.74) is 9.06. The van der Waals surface area contributed by atoms with Crippen LogP contribution in [0.1, 0.15) is 33.5 Å². The third-order valence-electron chi connectivity index (χ3n) is 5.28. The second-order valence-corrected chi connectivity index (χ2v) is 7.31. The molecule has 4 heteroatoms. The number of hydrogen-bond acceptors (Lipinski definition) is 4. The molecule has 0 fully saturated rings. The molecule has 2 aromatic carbocycles. The van der Waals surface area contributed by atoms with Crippen LogP contribution in [0.3, 0.4) is 0 Å². The molecule has 0 saturated heterocycles. The minimum atomic E-state index is 0.0983. The van der Waals surface area contributed by atoms with Crippen LogP contribution in [0.2, 0.25) is 0 Å². The smallest absolute Gasteiger partial charge is 0.181 e. The van der Waals surface area contributed by atoms with Gasteiger partial charge >= 0.3 is 0 Å². The predicted octanol–water partition coefficient (Wildman–Crippen LogP) is 4.18. The number of ketones is 1. The Bertz CT molecular complexity index is 1160. The second-order valence-electron chi connectivity index (χ2n) is 7.31. The maximum Gasteiger partial charge on any atom is 0.181 e. The van der Waals surface area contributed by atoms with E-state index in [1.807, 2.05) is 49.5 Å². The van der Waals surface area contributed by atoms with Crippen molar-refractivity contribution in [1.29, 1.82) is 0 Å². The highest BCUT2D eigenvalue weighted by molar-refractivity contribution is 6.42. The fourth-order valence-corrected chi connectivity index (χ4v) is 3.88. The summed E-state index contributed by atoms with van der Waals surface area (Å²) >= 11 is 0. The fraction of sp³-hybridized carbons (Fsp3) is 0.167. The Morgan fingerprint density at radius 1 is 1.04 bits per heavy atom. The standard InChI is InChI=1S/C24H19N3O/c1-15-9-17(7-8-25-15)24-20-13-21-18(11-19(20)14-26-24)12-22(27-21)23(28)10-16-5-3-2-4-6-16/h2-9,11,13H,10,12,14H2,1H3. The lowest BCUT2D eigenvalue weighted by Gasteiger charge is -2.07. The highest BCUT2D eigenvalue weighted by Crippen LogP contribution is 2.34. The molecule has 0 saturated carbocycles. The van der Waals surface area contributed by atoms with Gasteiger partial charge in [0.1, 0.15) is 0 Å². The largest absolute Gasteiger partial charge is 0.292 e. The van der Waals surface area contributed by atoms with Gasteiger partial charge < -0.3 is 0 Å². The molecule has 0 bridgehead atoms. The van der Waals surface area contributed by atoms with Crippen molar-refractivity contribution in [1.82, 2.24) is 4.98 Å². The van der Waals surface area contributed by atoms with Crippen LogP contribution < -0.4 is 0 Å². The zero-order valence-corrected chi connectivity index (χ0v) is 15.6. The van der Waals surface area contributed by atoms with Crippen LogP contribution in [0.15, 0.2) is 70.8 Å². The summed E-state index contributed by atoms with van der Waals surface area (Å²) in [5.74, 6) is 0.0983. The number of rotatable bonds is 4. The highest BCUT2D eigenvalue weighted by atomic mass is 16.1. The number of fused-ring (bicyclic) bond motifs is 2. The van der Waals surface area contributed by atoms with Crippen molar-refractivity contribution in [2.24, 2.45) is 9.98 Å². The quantitative estimate of drug-likeness (QED) is 0.696. The van der Waals surface area contributed by atoms with E-state index in [2.05, 4.69) is 28.2 Å². The molecule has 3 aromatic rings. The fourth-order valence-electron chi connectivity index (χ4n) is 3.88. The monoisotopic (exact) mass is 365 g/mol. The van der Waals surface area contributed by atoms with Crippen LogP contribution in [0.5, 0.6) is 0 Å². The van der Waals surface area contributed by atoms with E-state index >= 15 is 0 Å². The third-order valence-corrected chi connectivity index (χ3v) is 5.28. The minimum Gasteiger partial charge on any atom is -0.292 e. The number of carbonyl (C=O) groups excluding carboxylic acids is 1. The molecule has 1 aromatic heterocycles. The second kappa shape index (κ2) is 6.64. The van der Waals surface area contributed by atoms with Gasteiger partial charge in [0.15, 0.2) is 5.78 Å². The van der Waals surface area contributed by atoms with Gasteiger partial charge in [-0.2, -0.15) is 0 Å². The first-order chi connectivity index (χ1) is 13.7. The number of Topliss-reactive ketones (excluding diaryl/α,β-unsaturated/α-hetero) is 1. The normalized spacial score (nSPS) is 14.3. The van der Waals surface area contributed by atoms with Crippen LogP contribution in [0, 0.1) is 6.92 Å². The molecular formula is C24H19N3O. The van der Waals surface area contributed by atoms with E-state index in [0.29, 0.717) is 25.1 Å². The topological polar surface area (TPSA) is 54.7 Å².